The van der Waals surface area contributed by atoms with Crippen molar-refractivity contribution in [2.75, 3.05) is 5.73 Å². The summed E-state index contributed by atoms with van der Waals surface area (Å²) in [5.74, 6) is -0.711. The molecule has 2 aromatic heterocycles. The molecular formula is C23H21N3O4S. The smallest absolute Gasteiger partial charge is 0.343 e. The van der Waals surface area contributed by atoms with E-state index in [1.807, 2.05) is 12.1 Å². The molecule has 0 bridgehead atoms. The second kappa shape index (κ2) is 6.11. The highest BCUT2D eigenvalue weighted by molar-refractivity contribution is 8.00. The number of carbonyl (C=O) groups is 1. The van der Waals surface area contributed by atoms with Crippen LogP contribution in [0, 0.1) is 0 Å². The number of thioether (sulfide) groups is 1. The van der Waals surface area contributed by atoms with Crippen LogP contribution < -0.4 is 11.3 Å². The number of nitrogens with zero attached hydrogens (tertiary/aromatic N) is 2. The van der Waals surface area contributed by atoms with E-state index >= 15 is 0 Å². The Hall–Kier alpha value is -2.84. The third-order valence-corrected chi connectivity index (χ3v) is 8.01. The minimum atomic E-state index is -1.82. The predicted molar refractivity (Wildman–Crippen MR) is 118 cm³/mol. The van der Waals surface area contributed by atoms with Crippen LogP contribution in [0.3, 0.4) is 0 Å². The first-order valence-corrected chi connectivity index (χ1v) is 11.3. The van der Waals surface area contributed by atoms with Crippen molar-refractivity contribution in [3.05, 3.63) is 50.8 Å². The van der Waals surface area contributed by atoms with Crippen molar-refractivity contribution in [2.24, 2.45) is 0 Å². The maximum absolute atomic E-state index is 13.4. The van der Waals surface area contributed by atoms with Crippen molar-refractivity contribution in [1.82, 2.24) is 9.55 Å². The van der Waals surface area contributed by atoms with E-state index in [9.17, 15) is 14.7 Å². The maximum atomic E-state index is 13.4. The largest absolute Gasteiger partial charge is 0.458 e. The molecule has 158 valence electrons. The summed E-state index contributed by atoms with van der Waals surface area (Å²) in [4.78, 5) is 31.7. The Morgan fingerprint density at radius 3 is 2.90 bits per heavy atom. The summed E-state index contributed by atoms with van der Waals surface area (Å²) < 4.78 is 6.85. The van der Waals surface area contributed by atoms with Crippen molar-refractivity contribution < 1.29 is 14.6 Å². The second-order valence-electron chi connectivity index (χ2n) is 8.53. The number of ether oxygens (including phenoxy) is 1. The fourth-order valence-electron chi connectivity index (χ4n) is 5.13. The number of nitrogens with two attached hydrogens (primary N) is 1. The number of hydrogen-bond donors (Lipinski definition) is 2. The van der Waals surface area contributed by atoms with Gasteiger partial charge in [-0.25, -0.2) is 9.78 Å². The number of nitrogen functional groups attached to an aromatic ring is 1. The highest BCUT2D eigenvalue weighted by Crippen LogP contribution is 2.47. The Kier molecular flexibility index (Phi) is 3.72. The molecule has 3 aromatic rings. The lowest BCUT2D eigenvalue weighted by atomic mass is 9.86. The number of aliphatic hydroxyl groups is 1. The molecule has 7 nitrogen and oxygen atoms in total. The summed E-state index contributed by atoms with van der Waals surface area (Å²) in [7, 11) is 0. The summed E-state index contributed by atoms with van der Waals surface area (Å²) in [5, 5.41) is 12.5. The van der Waals surface area contributed by atoms with Gasteiger partial charge in [-0.2, -0.15) is 0 Å². The Morgan fingerprint density at radius 1 is 1.32 bits per heavy atom. The summed E-state index contributed by atoms with van der Waals surface area (Å²) in [6, 6.07) is 5.57. The molecule has 8 heteroatoms. The predicted octanol–water partition coefficient (Wildman–Crippen LogP) is 2.70. The van der Waals surface area contributed by atoms with E-state index in [0.29, 0.717) is 28.6 Å². The number of fused-ring (bicyclic) bond motifs is 5. The number of anilines is 1. The van der Waals surface area contributed by atoms with Gasteiger partial charge in [0, 0.05) is 32.3 Å². The molecule has 0 aliphatic carbocycles. The fourth-order valence-corrected chi connectivity index (χ4v) is 6.33. The van der Waals surface area contributed by atoms with E-state index in [1.54, 1.807) is 29.3 Å². The third kappa shape index (κ3) is 2.32. The lowest BCUT2D eigenvalue weighted by molar-refractivity contribution is -0.172. The van der Waals surface area contributed by atoms with Gasteiger partial charge in [-0.1, -0.05) is 13.8 Å². The van der Waals surface area contributed by atoms with Crippen LogP contribution in [0.4, 0.5) is 5.69 Å². The zero-order valence-corrected chi connectivity index (χ0v) is 18.0. The van der Waals surface area contributed by atoms with Crippen LogP contribution in [0.5, 0.6) is 0 Å². The van der Waals surface area contributed by atoms with E-state index in [4.69, 9.17) is 15.5 Å². The van der Waals surface area contributed by atoms with Gasteiger partial charge < -0.3 is 20.1 Å². The topological polar surface area (TPSA) is 107 Å². The summed E-state index contributed by atoms with van der Waals surface area (Å²) in [5.41, 5.74) is 10.1. The standard InChI is InChI=1S/C23H21N3O4S/c1-3-23(29)14-7-17-19-12(8-26(17)21(27)13(14)9-30-22(23)28)11-6-10(2)31-20-15(24)4-5-16(25-19)18(11)20/h4-5,7,10,29H,3,6,8-9,24H2,1-2H3/t10?,23-/m0/s1. The van der Waals surface area contributed by atoms with Crippen molar-refractivity contribution in [3.63, 3.8) is 0 Å². The van der Waals surface area contributed by atoms with Crippen molar-refractivity contribution in [3.8, 4) is 11.4 Å². The molecule has 3 N–H and O–H groups in total. The van der Waals surface area contributed by atoms with Gasteiger partial charge in [0.1, 0.15) is 6.61 Å². The van der Waals surface area contributed by atoms with Crippen LogP contribution in [0.1, 0.15) is 42.5 Å². The molecule has 0 radical (unpaired) electrons. The summed E-state index contributed by atoms with van der Waals surface area (Å²) in [6.45, 7) is 4.17. The molecule has 6 rings (SSSR count). The van der Waals surface area contributed by atoms with Crippen LogP contribution in [-0.2, 0) is 34.7 Å². The van der Waals surface area contributed by atoms with Crippen LogP contribution in [0.2, 0.25) is 0 Å². The maximum Gasteiger partial charge on any atom is 0.343 e. The zero-order valence-electron chi connectivity index (χ0n) is 17.2. The number of rotatable bonds is 1. The molecular weight excluding hydrogens is 414 g/mol. The fraction of sp³-hybridized carbons (Fsp3) is 0.348. The van der Waals surface area contributed by atoms with Gasteiger partial charge in [0.25, 0.3) is 5.56 Å². The quantitative estimate of drug-likeness (QED) is 0.350. The van der Waals surface area contributed by atoms with Crippen molar-refractivity contribution in [1.29, 1.82) is 0 Å². The molecule has 5 heterocycles. The van der Waals surface area contributed by atoms with E-state index < -0.39 is 11.6 Å². The van der Waals surface area contributed by atoms with Gasteiger partial charge >= 0.3 is 5.97 Å². The van der Waals surface area contributed by atoms with Crippen LogP contribution in [-0.4, -0.2) is 25.9 Å². The number of pyridine rings is 2. The van der Waals surface area contributed by atoms with Gasteiger partial charge in [-0.15, -0.1) is 11.8 Å². The Morgan fingerprint density at radius 2 is 2.13 bits per heavy atom. The molecule has 0 amide bonds. The minimum Gasteiger partial charge on any atom is -0.458 e. The molecule has 31 heavy (non-hydrogen) atoms. The molecule has 1 aromatic carbocycles. The molecule has 1 unspecified atom stereocenters. The van der Waals surface area contributed by atoms with Crippen LogP contribution in [0.15, 0.2) is 27.9 Å². The third-order valence-electron chi connectivity index (χ3n) is 6.76. The van der Waals surface area contributed by atoms with Crippen LogP contribution >= 0.6 is 11.8 Å². The number of cyclic esters (lactones) is 1. The molecule has 0 spiro atoms. The Balaban J connectivity index is 1.67. The molecule has 2 atom stereocenters. The van der Waals surface area contributed by atoms with Gasteiger partial charge in [0.2, 0.25) is 0 Å². The number of benzene rings is 1. The molecule has 0 fully saturated rings. The van der Waals surface area contributed by atoms with E-state index in [0.717, 1.165) is 39.2 Å². The SMILES string of the molecule is CC[C@@]1(O)C(=O)OCc2c1cc1n(c2=O)Cc2c-1nc1ccc(N)c3c1c2CC(C)S3. The molecule has 0 saturated carbocycles. The Labute approximate surface area is 182 Å². The van der Waals surface area contributed by atoms with Crippen molar-refractivity contribution in [2.45, 2.75) is 55.6 Å². The molecule has 3 aliphatic heterocycles. The monoisotopic (exact) mass is 435 g/mol. The zero-order chi connectivity index (χ0) is 21.7. The lowest BCUT2D eigenvalue weighted by Gasteiger charge is -2.31. The summed E-state index contributed by atoms with van der Waals surface area (Å²) in [6.07, 6.45) is 0.994. The summed E-state index contributed by atoms with van der Waals surface area (Å²) >= 11 is 1.77. The minimum absolute atomic E-state index is 0.122. The highest BCUT2D eigenvalue weighted by Gasteiger charge is 2.45. The molecule has 3 aliphatic rings. The van der Waals surface area contributed by atoms with E-state index in [-0.39, 0.29) is 18.6 Å². The van der Waals surface area contributed by atoms with E-state index in [1.165, 1.54) is 5.56 Å². The molecule has 0 saturated heterocycles. The number of carbonyl (C=O) groups excluding carboxylic acids is 1. The van der Waals surface area contributed by atoms with Crippen molar-refractivity contribution >= 4 is 34.3 Å². The van der Waals surface area contributed by atoms with Crippen LogP contribution in [0.25, 0.3) is 22.3 Å². The van der Waals surface area contributed by atoms with Gasteiger partial charge in [-0.05, 0) is 36.6 Å². The van der Waals surface area contributed by atoms with Gasteiger partial charge in [0.05, 0.1) is 29.0 Å². The first-order valence-electron chi connectivity index (χ1n) is 10.4. The number of hydrogen-bond acceptors (Lipinski definition) is 7. The average Bonchev–Trinajstić information content (AvgIpc) is 3.13. The first-order chi connectivity index (χ1) is 14.8. The first kappa shape index (κ1) is 18.9. The second-order valence-corrected chi connectivity index (χ2v) is 9.98. The van der Waals surface area contributed by atoms with Gasteiger partial charge in [0.15, 0.2) is 5.60 Å². The normalized spacial score (nSPS) is 23.3. The highest BCUT2D eigenvalue weighted by atomic mass is 32.2. The lowest BCUT2D eigenvalue weighted by Crippen LogP contribution is -2.44. The Bertz CT molecular complexity index is 1400. The number of esters is 1. The number of aromatic nitrogens is 2. The average molecular weight is 436 g/mol. The van der Waals surface area contributed by atoms with Gasteiger partial charge in [-0.3, -0.25) is 4.79 Å². The van der Waals surface area contributed by atoms with E-state index in [2.05, 4.69) is 6.92 Å².